The first-order chi connectivity index (χ1) is 9.35. The summed E-state index contributed by atoms with van der Waals surface area (Å²) in [7, 11) is -1.73. The van der Waals surface area contributed by atoms with Crippen LogP contribution in [-0.4, -0.2) is 40.4 Å². The molecule has 3 nitrogen and oxygen atoms in total. The molecule has 128 valence electrons. The van der Waals surface area contributed by atoms with Crippen molar-refractivity contribution in [3.05, 3.63) is 0 Å². The molecule has 0 saturated carbocycles. The van der Waals surface area contributed by atoms with E-state index in [9.17, 15) is 13.2 Å². The minimum atomic E-state index is -4.14. The summed E-state index contributed by atoms with van der Waals surface area (Å²) in [6.07, 6.45) is -4.36. The summed E-state index contributed by atoms with van der Waals surface area (Å²) >= 11 is 0. The number of halogens is 3. The van der Waals surface area contributed by atoms with Crippen LogP contribution in [-0.2, 0) is 9.16 Å². The van der Waals surface area contributed by atoms with E-state index >= 15 is 0 Å². The zero-order chi connectivity index (χ0) is 16.7. The molecule has 0 rings (SSSR count). The molecule has 0 aromatic heterocycles. The summed E-state index contributed by atoms with van der Waals surface area (Å²) in [5.41, 5.74) is 5.57. The van der Waals surface area contributed by atoms with E-state index in [0.29, 0.717) is 13.2 Å². The molecule has 0 unspecified atom stereocenters. The molecule has 2 N–H and O–H groups in total. The molecule has 0 aliphatic carbocycles. The first-order valence-electron chi connectivity index (χ1n) is 7.39. The molecule has 21 heavy (non-hydrogen) atoms. The Labute approximate surface area is 127 Å². The Hall–Kier alpha value is -0.113. The van der Waals surface area contributed by atoms with Crippen molar-refractivity contribution >= 4 is 8.32 Å². The van der Waals surface area contributed by atoms with Gasteiger partial charge in [-0.25, -0.2) is 0 Å². The monoisotopic (exact) mass is 329 g/mol. The van der Waals surface area contributed by atoms with E-state index in [1.807, 2.05) is 0 Å². The Morgan fingerprint density at radius 1 is 1.10 bits per heavy atom. The summed E-state index contributed by atoms with van der Waals surface area (Å²) in [4.78, 5) is 0. The number of hydrogen-bond donors (Lipinski definition) is 1. The van der Waals surface area contributed by atoms with Crippen LogP contribution < -0.4 is 5.73 Å². The van der Waals surface area contributed by atoms with Crippen molar-refractivity contribution in [2.45, 2.75) is 70.4 Å². The second-order valence-corrected chi connectivity index (χ2v) is 11.8. The molecule has 7 heteroatoms. The molecule has 0 heterocycles. The first kappa shape index (κ1) is 20.9. The van der Waals surface area contributed by atoms with Crippen molar-refractivity contribution < 1.29 is 22.3 Å². The smallest absolute Gasteiger partial charge is 0.389 e. The van der Waals surface area contributed by atoms with Gasteiger partial charge in [0.2, 0.25) is 0 Å². The highest BCUT2D eigenvalue weighted by Crippen LogP contribution is 2.36. The lowest BCUT2D eigenvalue weighted by molar-refractivity contribution is -0.136. The third kappa shape index (κ3) is 10.3. The number of rotatable bonds is 9. The van der Waals surface area contributed by atoms with E-state index in [-0.39, 0.29) is 18.1 Å². The molecule has 0 aromatic rings. The van der Waals surface area contributed by atoms with Crippen LogP contribution in [0.3, 0.4) is 0 Å². The van der Waals surface area contributed by atoms with Crippen molar-refractivity contribution in [1.82, 2.24) is 0 Å². The summed E-state index contributed by atoms with van der Waals surface area (Å²) in [5, 5.41) is 0.174. The summed E-state index contributed by atoms with van der Waals surface area (Å²) in [6.45, 7) is 12.1. The number of alkyl halides is 3. The molecule has 0 spiro atoms. The fraction of sp³-hybridized carbons (Fsp3) is 1.00. The predicted octanol–water partition coefficient (Wildman–Crippen LogP) is 4.08. The van der Waals surface area contributed by atoms with E-state index < -0.39 is 27.0 Å². The molecular weight excluding hydrogens is 299 g/mol. The topological polar surface area (TPSA) is 44.5 Å². The maximum absolute atomic E-state index is 12.0. The SMILES string of the molecule is CC(C)(C)[Si](C)(C)OCCCOC[C@@H](N)CCC(F)(F)F. The van der Waals surface area contributed by atoms with E-state index in [4.69, 9.17) is 14.9 Å². The highest BCUT2D eigenvalue weighted by molar-refractivity contribution is 6.74. The second-order valence-electron chi connectivity index (χ2n) is 6.95. The van der Waals surface area contributed by atoms with Crippen molar-refractivity contribution in [1.29, 1.82) is 0 Å². The lowest BCUT2D eigenvalue weighted by atomic mass is 10.2. The zero-order valence-corrected chi connectivity index (χ0v) is 14.8. The zero-order valence-electron chi connectivity index (χ0n) is 13.8. The van der Waals surface area contributed by atoms with Gasteiger partial charge in [-0.15, -0.1) is 0 Å². The summed E-state index contributed by atoms with van der Waals surface area (Å²) in [5.74, 6) is 0. The van der Waals surface area contributed by atoms with Crippen molar-refractivity contribution in [2.24, 2.45) is 5.73 Å². The summed E-state index contributed by atoms with van der Waals surface area (Å²) in [6, 6.07) is -0.562. The van der Waals surface area contributed by atoms with Crippen LogP contribution in [0.2, 0.25) is 18.1 Å². The molecule has 0 radical (unpaired) electrons. The van der Waals surface area contributed by atoms with Gasteiger partial charge in [0.1, 0.15) is 0 Å². The van der Waals surface area contributed by atoms with Gasteiger partial charge in [-0.05, 0) is 31.0 Å². The predicted molar refractivity (Wildman–Crippen MR) is 81.8 cm³/mol. The Morgan fingerprint density at radius 3 is 2.14 bits per heavy atom. The van der Waals surface area contributed by atoms with Crippen molar-refractivity contribution in [3.63, 3.8) is 0 Å². The van der Waals surface area contributed by atoms with Gasteiger partial charge in [0.05, 0.1) is 6.61 Å². The van der Waals surface area contributed by atoms with Crippen LogP contribution in [0.15, 0.2) is 0 Å². The van der Waals surface area contributed by atoms with Gasteiger partial charge in [-0.2, -0.15) is 13.2 Å². The Kier molecular flexibility index (Phi) is 8.46. The Morgan fingerprint density at radius 2 is 1.67 bits per heavy atom. The van der Waals surface area contributed by atoms with Crippen molar-refractivity contribution in [2.75, 3.05) is 19.8 Å². The van der Waals surface area contributed by atoms with Gasteiger partial charge in [-0.1, -0.05) is 20.8 Å². The van der Waals surface area contributed by atoms with Crippen molar-refractivity contribution in [3.8, 4) is 0 Å². The highest BCUT2D eigenvalue weighted by Gasteiger charge is 2.36. The van der Waals surface area contributed by atoms with Gasteiger partial charge in [0, 0.05) is 25.7 Å². The maximum atomic E-state index is 12.0. The fourth-order valence-corrected chi connectivity index (χ4v) is 2.46. The van der Waals surface area contributed by atoms with Crippen LogP contribution in [0, 0.1) is 0 Å². The van der Waals surface area contributed by atoms with Crippen LogP contribution in [0.25, 0.3) is 0 Å². The minimum Gasteiger partial charge on any atom is -0.417 e. The average Bonchev–Trinajstić information content (AvgIpc) is 2.28. The van der Waals surface area contributed by atoms with Gasteiger partial charge >= 0.3 is 6.18 Å². The second kappa shape index (κ2) is 8.50. The normalized spacial score (nSPS) is 15.3. The van der Waals surface area contributed by atoms with E-state index in [2.05, 4.69) is 33.9 Å². The lowest BCUT2D eigenvalue weighted by Gasteiger charge is -2.36. The van der Waals surface area contributed by atoms with Crippen LogP contribution in [0.1, 0.15) is 40.0 Å². The molecule has 0 amide bonds. The largest absolute Gasteiger partial charge is 0.417 e. The fourth-order valence-electron chi connectivity index (χ4n) is 1.37. The van der Waals surface area contributed by atoms with Crippen LogP contribution in [0.4, 0.5) is 13.2 Å². The third-order valence-corrected chi connectivity index (χ3v) is 8.37. The summed E-state index contributed by atoms with van der Waals surface area (Å²) < 4.78 is 47.3. The number of ether oxygens (including phenoxy) is 1. The van der Waals surface area contributed by atoms with E-state index in [0.717, 1.165) is 6.42 Å². The molecular formula is C14H30F3NO2Si. The quantitative estimate of drug-likeness (QED) is 0.512. The lowest BCUT2D eigenvalue weighted by Crippen LogP contribution is -2.41. The standard InChI is InChI=1S/C14H30F3NO2Si/c1-13(2,3)21(4,5)20-10-6-9-19-11-12(18)7-8-14(15,16)17/h12H,6-11,18H2,1-5H3/t12-/m0/s1. The van der Waals surface area contributed by atoms with Crippen LogP contribution in [0.5, 0.6) is 0 Å². The highest BCUT2D eigenvalue weighted by atomic mass is 28.4. The Bertz CT molecular complexity index is 291. The van der Waals surface area contributed by atoms with Gasteiger partial charge in [0.25, 0.3) is 0 Å². The van der Waals surface area contributed by atoms with E-state index in [1.165, 1.54) is 0 Å². The third-order valence-electron chi connectivity index (χ3n) is 3.83. The molecule has 0 fully saturated rings. The number of nitrogens with two attached hydrogens (primary N) is 1. The van der Waals surface area contributed by atoms with Gasteiger partial charge in [0.15, 0.2) is 8.32 Å². The average molecular weight is 329 g/mol. The van der Waals surface area contributed by atoms with Crippen LogP contribution >= 0.6 is 0 Å². The molecule has 0 saturated heterocycles. The Balaban J connectivity index is 3.65. The van der Waals surface area contributed by atoms with Gasteiger partial charge < -0.3 is 14.9 Å². The maximum Gasteiger partial charge on any atom is 0.389 e. The minimum absolute atomic E-state index is 0.0933. The van der Waals surface area contributed by atoms with Gasteiger partial charge in [-0.3, -0.25) is 0 Å². The molecule has 0 aliphatic rings. The molecule has 0 aliphatic heterocycles. The first-order valence-corrected chi connectivity index (χ1v) is 10.3. The molecule has 0 aromatic carbocycles. The molecule has 1 atom stereocenters. The molecule has 0 bridgehead atoms. The van der Waals surface area contributed by atoms with E-state index in [1.54, 1.807) is 0 Å². The number of hydrogen-bond acceptors (Lipinski definition) is 3.